The van der Waals surface area contributed by atoms with Gasteiger partial charge in [0, 0.05) is 39.3 Å². The molecule has 0 aromatic carbocycles. The van der Waals surface area contributed by atoms with Crippen LogP contribution in [-0.2, 0) is 19.6 Å². The number of sulfonamides is 1. The second kappa shape index (κ2) is 9.28. The van der Waals surface area contributed by atoms with Gasteiger partial charge in [-0.3, -0.25) is 4.79 Å². The SMILES string of the molecule is CCC(C)N(CCC(=O)NCCCOC)S(C)(=O)=O. The minimum absolute atomic E-state index is 0.0868. The molecule has 1 atom stereocenters. The van der Waals surface area contributed by atoms with Gasteiger partial charge in [0.25, 0.3) is 0 Å². The molecule has 0 heterocycles. The molecular weight excluding hydrogens is 268 g/mol. The Morgan fingerprint density at radius 2 is 2.05 bits per heavy atom. The number of ether oxygens (including phenoxy) is 1. The number of nitrogens with zero attached hydrogens (tertiary/aromatic N) is 1. The van der Waals surface area contributed by atoms with E-state index in [0.717, 1.165) is 12.8 Å². The normalized spacial score (nSPS) is 13.5. The van der Waals surface area contributed by atoms with Gasteiger partial charge in [0.2, 0.25) is 15.9 Å². The summed E-state index contributed by atoms with van der Waals surface area (Å²) in [6.07, 6.45) is 2.84. The lowest BCUT2D eigenvalue weighted by Gasteiger charge is -2.25. The van der Waals surface area contributed by atoms with E-state index in [2.05, 4.69) is 5.32 Å². The Labute approximate surface area is 116 Å². The molecule has 0 aliphatic heterocycles. The second-order valence-corrected chi connectivity index (χ2v) is 6.51. The predicted molar refractivity (Wildman–Crippen MR) is 75.4 cm³/mol. The van der Waals surface area contributed by atoms with Crippen LogP contribution in [0.2, 0.25) is 0 Å². The predicted octanol–water partition coefficient (Wildman–Crippen LogP) is 0.589. The maximum absolute atomic E-state index is 11.6. The zero-order valence-corrected chi connectivity index (χ0v) is 13.1. The fourth-order valence-corrected chi connectivity index (χ4v) is 2.89. The third-order valence-electron chi connectivity index (χ3n) is 2.92. The van der Waals surface area contributed by atoms with E-state index in [1.165, 1.54) is 10.6 Å². The summed E-state index contributed by atoms with van der Waals surface area (Å²) in [6, 6.07) is -0.0868. The van der Waals surface area contributed by atoms with Crippen molar-refractivity contribution in [2.24, 2.45) is 0 Å². The minimum atomic E-state index is -3.27. The van der Waals surface area contributed by atoms with Crippen molar-refractivity contribution >= 4 is 15.9 Å². The van der Waals surface area contributed by atoms with Gasteiger partial charge in [-0.05, 0) is 19.8 Å². The first-order valence-corrected chi connectivity index (χ1v) is 8.40. The molecule has 19 heavy (non-hydrogen) atoms. The van der Waals surface area contributed by atoms with Crippen LogP contribution in [0.1, 0.15) is 33.1 Å². The van der Waals surface area contributed by atoms with Gasteiger partial charge in [0.05, 0.1) is 6.26 Å². The van der Waals surface area contributed by atoms with Gasteiger partial charge < -0.3 is 10.1 Å². The lowest BCUT2D eigenvalue weighted by Crippen LogP contribution is -2.40. The molecular formula is C12H26N2O4S. The quantitative estimate of drug-likeness (QED) is 0.598. The van der Waals surface area contributed by atoms with Gasteiger partial charge >= 0.3 is 0 Å². The molecule has 114 valence electrons. The zero-order chi connectivity index (χ0) is 14.9. The first-order valence-electron chi connectivity index (χ1n) is 6.55. The molecule has 0 aliphatic carbocycles. The molecule has 7 heteroatoms. The van der Waals surface area contributed by atoms with Crippen molar-refractivity contribution in [3.8, 4) is 0 Å². The number of carbonyl (C=O) groups excluding carboxylic acids is 1. The van der Waals surface area contributed by atoms with Crippen LogP contribution in [0.15, 0.2) is 0 Å². The van der Waals surface area contributed by atoms with Crippen molar-refractivity contribution < 1.29 is 17.9 Å². The molecule has 0 rings (SSSR count). The average molecular weight is 294 g/mol. The fourth-order valence-electron chi connectivity index (χ4n) is 1.66. The van der Waals surface area contributed by atoms with E-state index in [1.807, 2.05) is 13.8 Å². The van der Waals surface area contributed by atoms with Gasteiger partial charge in [-0.25, -0.2) is 8.42 Å². The minimum Gasteiger partial charge on any atom is -0.385 e. The Kier molecular flexibility index (Phi) is 8.95. The smallest absolute Gasteiger partial charge is 0.221 e. The van der Waals surface area contributed by atoms with Crippen LogP contribution in [0.4, 0.5) is 0 Å². The number of nitrogens with one attached hydrogen (secondary N) is 1. The maximum atomic E-state index is 11.6. The van der Waals surface area contributed by atoms with Gasteiger partial charge in [0.15, 0.2) is 0 Å². The zero-order valence-electron chi connectivity index (χ0n) is 12.3. The summed E-state index contributed by atoms with van der Waals surface area (Å²) in [7, 11) is -1.66. The van der Waals surface area contributed by atoms with Crippen LogP contribution in [-0.4, -0.2) is 57.7 Å². The summed E-state index contributed by atoms with van der Waals surface area (Å²) in [5, 5.41) is 2.74. The third-order valence-corrected chi connectivity index (χ3v) is 4.31. The van der Waals surface area contributed by atoms with Crippen LogP contribution < -0.4 is 5.32 Å². The lowest BCUT2D eigenvalue weighted by atomic mass is 10.2. The molecule has 1 unspecified atom stereocenters. The molecule has 0 radical (unpaired) electrons. The fraction of sp³-hybridized carbons (Fsp3) is 0.917. The molecule has 0 spiro atoms. The molecule has 0 aromatic heterocycles. The van der Waals surface area contributed by atoms with E-state index in [9.17, 15) is 13.2 Å². The summed E-state index contributed by atoms with van der Waals surface area (Å²) in [5.74, 6) is -0.131. The Morgan fingerprint density at radius 3 is 2.53 bits per heavy atom. The van der Waals surface area contributed by atoms with Crippen molar-refractivity contribution in [1.29, 1.82) is 0 Å². The first kappa shape index (κ1) is 18.3. The highest BCUT2D eigenvalue weighted by molar-refractivity contribution is 7.88. The largest absolute Gasteiger partial charge is 0.385 e. The Balaban J connectivity index is 4.15. The number of hydrogen-bond donors (Lipinski definition) is 1. The molecule has 0 fully saturated rings. The highest BCUT2D eigenvalue weighted by atomic mass is 32.2. The monoisotopic (exact) mass is 294 g/mol. The number of amides is 1. The van der Waals surface area contributed by atoms with Crippen LogP contribution in [0.25, 0.3) is 0 Å². The number of carbonyl (C=O) groups is 1. The topological polar surface area (TPSA) is 75.7 Å². The summed E-state index contributed by atoms with van der Waals surface area (Å²) in [5.41, 5.74) is 0. The Bertz CT molecular complexity index is 357. The van der Waals surface area contributed by atoms with Crippen molar-refractivity contribution in [1.82, 2.24) is 9.62 Å². The molecule has 0 saturated carbocycles. The summed E-state index contributed by atoms with van der Waals surface area (Å²) in [6.45, 7) is 5.15. The average Bonchev–Trinajstić information content (AvgIpc) is 2.32. The molecule has 1 amide bonds. The van der Waals surface area contributed by atoms with E-state index in [1.54, 1.807) is 7.11 Å². The number of rotatable bonds is 10. The standard InChI is InChI=1S/C12H26N2O4S/c1-5-11(2)14(19(4,16)17)9-7-12(15)13-8-6-10-18-3/h11H,5-10H2,1-4H3,(H,13,15). The molecule has 0 bridgehead atoms. The number of hydrogen-bond acceptors (Lipinski definition) is 4. The van der Waals surface area contributed by atoms with E-state index in [4.69, 9.17) is 4.74 Å². The highest BCUT2D eigenvalue weighted by Crippen LogP contribution is 2.09. The lowest BCUT2D eigenvalue weighted by molar-refractivity contribution is -0.121. The summed E-state index contributed by atoms with van der Waals surface area (Å²) in [4.78, 5) is 11.6. The van der Waals surface area contributed by atoms with Crippen LogP contribution in [0.3, 0.4) is 0 Å². The molecule has 6 nitrogen and oxygen atoms in total. The Hall–Kier alpha value is -0.660. The van der Waals surface area contributed by atoms with E-state index in [0.29, 0.717) is 13.2 Å². The van der Waals surface area contributed by atoms with Gasteiger partial charge in [-0.1, -0.05) is 6.92 Å². The first-order chi connectivity index (χ1) is 8.82. The van der Waals surface area contributed by atoms with Crippen LogP contribution in [0, 0.1) is 0 Å². The molecule has 1 N–H and O–H groups in total. The van der Waals surface area contributed by atoms with Gasteiger partial charge in [0.1, 0.15) is 0 Å². The number of methoxy groups -OCH3 is 1. The van der Waals surface area contributed by atoms with Crippen molar-refractivity contribution in [3.63, 3.8) is 0 Å². The van der Waals surface area contributed by atoms with Crippen molar-refractivity contribution in [2.75, 3.05) is 33.1 Å². The van der Waals surface area contributed by atoms with E-state index in [-0.39, 0.29) is 24.9 Å². The van der Waals surface area contributed by atoms with Crippen LogP contribution >= 0.6 is 0 Å². The Morgan fingerprint density at radius 1 is 1.42 bits per heavy atom. The molecule has 0 aliphatic rings. The second-order valence-electron chi connectivity index (χ2n) is 4.58. The summed E-state index contributed by atoms with van der Waals surface area (Å²) < 4.78 is 29.5. The molecule has 0 saturated heterocycles. The third kappa shape index (κ3) is 8.18. The highest BCUT2D eigenvalue weighted by Gasteiger charge is 2.22. The van der Waals surface area contributed by atoms with Gasteiger partial charge in [-0.2, -0.15) is 4.31 Å². The van der Waals surface area contributed by atoms with E-state index >= 15 is 0 Å². The van der Waals surface area contributed by atoms with Crippen molar-refractivity contribution in [3.05, 3.63) is 0 Å². The van der Waals surface area contributed by atoms with Crippen LogP contribution in [0.5, 0.6) is 0 Å². The summed E-state index contributed by atoms with van der Waals surface area (Å²) >= 11 is 0. The van der Waals surface area contributed by atoms with Gasteiger partial charge in [-0.15, -0.1) is 0 Å². The maximum Gasteiger partial charge on any atom is 0.221 e. The molecule has 0 aromatic rings. The van der Waals surface area contributed by atoms with Crippen molar-refractivity contribution in [2.45, 2.75) is 39.2 Å². The van der Waals surface area contributed by atoms with E-state index < -0.39 is 10.0 Å².